The molecule has 0 saturated heterocycles. The first-order chi connectivity index (χ1) is 7.63. The molecule has 1 aromatic carbocycles. The number of fused-ring (bicyclic) bond motifs is 1. The van der Waals surface area contributed by atoms with Crippen molar-refractivity contribution in [1.29, 1.82) is 0 Å². The first-order valence-electron chi connectivity index (χ1n) is 4.96. The van der Waals surface area contributed by atoms with Crippen molar-refractivity contribution in [3.63, 3.8) is 0 Å². The van der Waals surface area contributed by atoms with E-state index in [1.165, 1.54) is 5.57 Å². The molecule has 0 fully saturated rings. The molecule has 1 nitrogen and oxygen atoms in total. The van der Waals surface area contributed by atoms with Crippen LogP contribution in [0.25, 0.3) is 17.0 Å². The van der Waals surface area contributed by atoms with Gasteiger partial charge in [0, 0.05) is 15.4 Å². The quantitative estimate of drug-likeness (QED) is 0.693. The van der Waals surface area contributed by atoms with E-state index in [1.807, 2.05) is 38.1 Å². The van der Waals surface area contributed by atoms with E-state index >= 15 is 0 Å². The lowest BCUT2D eigenvalue weighted by Gasteiger charge is -1.95. The molecular formula is C14H11BrO. The molecule has 16 heavy (non-hydrogen) atoms. The Morgan fingerprint density at radius 1 is 1.44 bits per heavy atom. The van der Waals surface area contributed by atoms with Crippen LogP contribution >= 0.6 is 15.9 Å². The fourth-order valence-corrected chi connectivity index (χ4v) is 2.22. The van der Waals surface area contributed by atoms with Crippen LogP contribution in [0.2, 0.25) is 0 Å². The lowest BCUT2D eigenvalue weighted by atomic mass is 10.1. The predicted molar refractivity (Wildman–Crippen MR) is 71.2 cm³/mol. The van der Waals surface area contributed by atoms with Crippen LogP contribution in [0.1, 0.15) is 25.2 Å². The number of terminal acetylenes is 1. The highest BCUT2D eigenvalue weighted by Crippen LogP contribution is 2.33. The van der Waals surface area contributed by atoms with Crippen LogP contribution in [0, 0.1) is 12.3 Å². The molecule has 2 rings (SSSR count). The Morgan fingerprint density at radius 2 is 2.19 bits per heavy atom. The van der Waals surface area contributed by atoms with E-state index in [2.05, 4.69) is 21.9 Å². The Hall–Kier alpha value is -1.46. The van der Waals surface area contributed by atoms with Crippen molar-refractivity contribution in [2.45, 2.75) is 13.8 Å². The molecule has 2 aromatic rings. The summed E-state index contributed by atoms with van der Waals surface area (Å²) in [4.78, 5) is 0. The minimum atomic E-state index is 0.586. The van der Waals surface area contributed by atoms with Gasteiger partial charge in [0.15, 0.2) is 5.76 Å². The van der Waals surface area contributed by atoms with Crippen molar-refractivity contribution in [3.05, 3.63) is 39.6 Å². The van der Waals surface area contributed by atoms with Crippen molar-refractivity contribution in [3.8, 4) is 12.3 Å². The zero-order chi connectivity index (χ0) is 11.7. The van der Waals surface area contributed by atoms with Crippen molar-refractivity contribution in [2.75, 3.05) is 0 Å². The van der Waals surface area contributed by atoms with E-state index in [1.54, 1.807) is 0 Å². The first kappa shape index (κ1) is 11.0. The molecule has 0 amide bonds. The average molecular weight is 275 g/mol. The van der Waals surface area contributed by atoms with Crippen molar-refractivity contribution >= 4 is 33.0 Å². The van der Waals surface area contributed by atoms with Gasteiger partial charge in [-0.15, -0.1) is 6.42 Å². The number of furan rings is 1. The molecule has 1 aromatic heterocycles. The second-order valence-electron chi connectivity index (χ2n) is 3.82. The van der Waals surface area contributed by atoms with Gasteiger partial charge < -0.3 is 4.42 Å². The van der Waals surface area contributed by atoms with Crippen LogP contribution in [0.4, 0.5) is 0 Å². The monoisotopic (exact) mass is 274 g/mol. The number of benzene rings is 1. The lowest BCUT2D eigenvalue weighted by Crippen LogP contribution is -1.77. The molecule has 0 spiro atoms. The third kappa shape index (κ3) is 1.79. The maximum absolute atomic E-state index is 5.62. The smallest absolute Gasteiger partial charge is 0.185 e. The van der Waals surface area contributed by atoms with Gasteiger partial charge in [0.25, 0.3) is 0 Å². The van der Waals surface area contributed by atoms with Gasteiger partial charge in [0.05, 0.1) is 0 Å². The zero-order valence-electron chi connectivity index (χ0n) is 9.17. The third-order valence-electron chi connectivity index (χ3n) is 2.27. The Morgan fingerprint density at radius 3 is 2.81 bits per heavy atom. The molecule has 80 valence electrons. The van der Waals surface area contributed by atoms with E-state index in [0.717, 1.165) is 21.0 Å². The largest absolute Gasteiger partial charge is 0.447 e. The van der Waals surface area contributed by atoms with Crippen LogP contribution in [-0.2, 0) is 0 Å². The summed E-state index contributed by atoms with van der Waals surface area (Å²) in [5, 5.41) is 1.04. The van der Waals surface area contributed by atoms with Gasteiger partial charge in [-0.3, -0.25) is 0 Å². The van der Waals surface area contributed by atoms with Crippen LogP contribution < -0.4 is 0 Å². The fraction of sp³-hybridized carbons (Fsp3) is 0.143. The maximum atomic E-state index is 5.62. The Kier molecular flexibility index (Phi) is 2.89. The summed E-state index contributed by atoms with van der Waals surface area (Å²) < 4.78 is 6.62. The van der Waals surface area contributed by atoms with Crippen molar-refractivity contribution in [1.82, 2.24) is 0 Å². The van der Waals surface area contributed by atoms with Gasteiger partial charge in [-0.2, -0.15) is 0 Å². The van der Waals surface area contributed by atoms with E-state index in [-0.39, 0.29) is 0 Å². The molecule has 0 aliphatic rings. The molecule has 0 aliphatic heterocycles. The predicted octanol–water partition coefficient (Wildman–Crippen LogP) is 4.60. The molecular weight excluding hydrogens is 264 g/mol. The molecule has 0 radical (unpaired) electrons. The highest BCUT2D eigenvalue weighted by molar-refractivity contribution is 9.10. The molecule has 0 saturated carbocycles. The summed E-state index contributed by atoms with van der Waals surface area (Å²) in [6.07, 6.45) is 7.50. The summed E-state index contributed by atoms with van der Waals surface area (Å²) in [6.45, 7) is 4.08. The highest BCUT2D eigenvalue weighted by atomic mass is 79.9. The van der Waals surface area contributed by atoms with Gasteiger partial charge >= 0.3 is 0 Å². The number of hydrogen-bond acceptors (Lipinski definition) is 1. The summed E-state index contributed by atoms with van der Waals surface area (Å²) in [7, 11) is 0. The number of rotatable bonds is 1. The summed E-state index contributed by atoms with van der Waals surface area (Å²) in [5.74, 6) is 3.17. The average Bonchev–Trinajstić information content (AvgIpc) is 2.57. The second-order valence-corrected chi connectivity index (χ2v) is 4.68. The van der Waals surface area contributed by atoms with Crippen LogP contribution in [0.15, 0.2) is 32.7 Å². The van der Waals surface area contributed by atoms with Crippen molar-refractivity contribution < 1.29 is 4.42 Å². The zero-order valence-corrected chi connectivity index (χ0v) is 10.8. The van der Waals surface area contributed by atoms with Gasteiger partial charge in [-0.1, -0.05) is 33.6 Å². The van der Waals surface area contributed by atoms with Gasteiger partial charge in [0.2, 0.25) is 0 Å². The first-order valence-corrected chi connectivity index (χ1v) is 5.75. The SMILES string of the molecule is C#Cc1oc2cccc(Br)c2c1C=C(C)C. The van der Waals surface area contributed by atoms with Crippen LogP contribution in [0.3, 0.4) is 0 Å². The number of allylic oxidation sites excluding steroid dienone is 1. The minimum Gasteiger partial charge on any atom is -0.447 e. The normalized spacial score (nSPS) is 10.1. The van der Waals surface area contributed by atoms with E-state index in [0.29, 0.717) is 5.76 Å². The molecule has 1 heterocycles. The summed E-state index contributed by atoms with van der Waals surface area (Å²) in [6, 6.07) is 5.84. The number of halogens is 1. The number of hydrogen-bond donors (Lipinski definition) is 0. The van der Waals surface area contributed by atoms with Crippen LogP contribution in [0.5, 0.6) is 0 Å². The van der Waals surface area contributed by atoms with Gasteiger partial charge in [-0.25, -0.2) is 0 Å². The van der Waals surface area contributed by atoms with E-state index < -0.39 is 0 Å². The van der Waals surface area contributed by atoms with Crippen molar-refractivity contribution in [2.24, 2.45) is 0 Å². The Balaban J connectivity index is 2.88. The Bertz CT molecular complexity index is 607. The topological polar surface area (TPSA) is 13.1 Å². The molecule has 0 aliphatic carbocycles. The molecule has 0 unspecified atom stereocenters. The highest BCUT2D eigenvalue weighted by Gasteiger charge is 2.12. The lowest BCUT2D eigenvalue weighted by molar-refractivity contribution is 0.600. The van der Waals surface area contributed by atoms with Gasteiger partial charge in [0.1, 0.15) is 5.58 Å². The summed E-state index contributed by atoms with van der Waals surface area (Å²) >= 11 is 3.52. The summed E-state index contributed by atoms with van der Waals surface area (Å²) in [5.41, 5.74) is 2.98. The standard InChI is InChI=1S/C14H11BrO/c1-4-12-10(8-9(2)3)14-11(15)6-5-7-13(14)16-12/h1,5-8H,2-3H3. The fourth-order valence-electron chi connectivity index (χ4n) is 1.66. The third-order valence-corrected chi connectivity index (χ3v) is 2.93. The Labute approximate surface area is 103 Å². The second kappa shape index (κ2) is 4.19. The maximum Gasteiger partial charge on any atom is 0.185 e. The van der Waals surface area contributed by atoms with E-state index in [4.69, 9.17) is 10.8 Å². The minimum absolute atomic E-state index is 0.586. The molecule has 0 atom stereocenters. The molecule has 2 heteroatoms. The molecule has 0 N–H and O–H groups in total. The van der Waals surface area contributed by atoms with E-state index in [9.17, 15) is 0 Å². The molecule has 0 bridgehead atoms. The van der Waals surface area contributed by atoms with Gasteiger partial charge in [-0.05, 0) is 31.9 Å². The van der Waals surface area contributed by atoms with Crippen LogP contribution in [-0.4, -0.2) is 0 Å².